The molecule has 3 heterocycles. The molecule has 27 heavy (non-hydrogen) atoms. The highest BCUT2D eigenvalue weighted by Gasteiger charge is 2.49. The van der Waals surface area contributed by atoms with Gasteiger partial charge in [-0.3, -0.25) is 9.59 Å². The summed E-state index contributed by atoms with van der Waals surface area (Å²) in [6, 6.07) is 13.1. The molecule has 0 saturated heterocycles. The van der Waals surface area contributed by atoms with E-state index in [1.54, 1.807) is 6.07 Å². The molecule has 2 aliphatic heterocycles. The van der Waals surface area contributed by atoms with Crippen molar-refractivity contribution in [3.63, 3.8) is 0 Å². The summed E-state index contributed by atoms with van der Waals surface area (Å²) in [5, 5.41) is 1.29. The highest BCUT2D eigenvalue weighted by molar-refractivity contribution is 9.10. The number of halogens is 2. The van der Waals surface area contributed by atoms with Crippen LogP contribution in [0.5, 0.6) is 5.75 Å². The first-order valence-electron chi connectivity index (χ1n) is 8.17. The first kappa shape index (κ1) is 17.6. The van der Waals surface area contributed by atoms with Crippen molar-refractivity contribution in [2.45, 2.75) is 16.2 Å². The number of rotatable bonds is 1. The SMILES string of the molecule is O=C1Oc2ccc(Br)cc2[C@@H]2c3sc(=O)[nH]c3S[C@H](c3ccc(Cl)cc3)[C@@H]12. The van der Waals surface area contributed by atoms with Crippen LogP contribution in [0.1, 0.15) is 27.2 Å². The molecule has 3 atom stereocenters. The number of ether oxygens (including phenoxy) is 1. The molecule has 0 fully saturated rings. The standard InChI is InChI=1S/C19H11BrClNO3S2/c20-9-3-6-12-11(7-9)13-14(18(23)25-12)15(8-1-4-10(21)5-2-8)26-17-16(13)27-19(24)22-17/h1-7,13-15H,(H,22,24)/t13-,14-,15+/m0/s1. The zero-order valence-electron chi connectivity index (χ0n) is 13.6. The molecule has 0 radical (unpaired) electrons. The molecule has 0 bridgehead atoms. The molecule has 0 spiro atoms. The number of hydrogen-bond acceptors (Lipinski definition) is 5. The number of fused-ring (bicyclic) bond motifs is 5. The molecule has 0 amide bonds. The van der Waals surface area contributed by atoms with Crippen LogP contribution < -0.4 is 9.61 Å². The highest BCUT2D eigenvalue weighted by atomic mass is 79.9. The molecule has 8 heteroatoms. The van der Waals surface area contributed by atoms with Gasteiger partial charge in [0.05, 0.1) is 16.2 Å². The van der Waals surface area contributed by atoms with Gasteiger partial charge in [-0.2, -0.15) is 0 Å². The van der Waals surface area contributed by atoms with E-state index in [0.29, 0.717) is 10.8 Å². The highest BCUT2D eigenvalue weighted by Crippen LogP contribution is 2.58. The number of H-pyrrole nitrogens is 1. The largest absolute Gasteiger partial charge is 0.426 e. The second kappa shape index (κ2) is 6.51. The van der Waals surface area contributed by atoms with Crippen molar-refractivity contribution >= 4 is 56.6 Å². The van der Waals surface area contributed by atoms with Crippen molar-refractivity contribution in [3.8, 4) is 5.75 Å². The van der Waals surface area contributed by atoms with Crippen LogP contribution in [0.15, 0.2) is 56.8 Å². The first-order chi connectivity index (χ1) is 13.0. The number of thiazole rings is 1. The van der Waals surface area contributed by atoms with E-state index in [4.69, 9.17) is 16.3 Å². The number of nitrogens with one attached hydrogen (secondary N) is 1. The van der Waals surface area contributed by atoms with Crippen LogP contribution >= 0.6 is 50.6 Å². The minimum atomic E-state index is -0.420. The van der Waals surface area contributed by atoms with Crippen molar-refractivity contribution in [1.29, 1.82) is 0 Å². The predicted octanol–water partition coefficient (Wildman–Crippen LogP) is 5.37. The average Bonchev–Trinajstić information content (AvgIpc) is 3.02. The lowest BCUT2D eigenvalue weighted by molar-refractivity contribution is -0.140. The van der Waals surface area contributed by atoms with Crippen LogP contribution in [-0.4, -0.2) is 11.0 Å². The van der Waals surface area contributed by atoms with Crippen molar-refractivity contribution < 1.29 is 9.53 Å². The van der Waals surface area contributed by atoms with Crippen LogP contribution in [0.4, 0.5) is 0 Å². The predicted molar refractivity (Wildman–Crippen MR) is 110 cm³/mol. The molecule has 3 aromatic rings. The first-order valence-corrected chi connectivity index (χ1v) is 11.0. The summed E-state index contributed by atoms with van der Waals surface area (Å²) in [6.45, 7) is 0. The maximum Gasteiger partial charge on any atom is 0.316 e. The molecule has 1 aromatic heterocycles. The molecular formula is C19H11BrClNO3S2. The van der Waals surface area contributed by atoms with Crippen LogP contribution in [0.2, 0.25) is 5.02 Å². The number of benzene rings is 2. The monoisotopic (exact) mass is 479 g/mol. The molecule has 0 saturated carbocycles. The van der Waals surface area contributed by atoms with E-state index in [-0.39, 0.29) is 22.0 Å². The maximum atomic E-state index is 13.0. The van der Waals surface area contributed by atoms with Gasteiger partial charge in [-0.15, -0.1) is 0 Å². The minimum absolute atomic E-state index is 0.113. The third-order valence-electron chi connectivity index (χ3n) is 4.84. The van der Waals surface area contributed by atoms with E-state index in [2.05, 4.69) is 20.9 Å². The minimum Gasteiger partial charge on any atom is -0.426 e. The fraction of sp³-hybridized carbons (Fsp3) is 0.158. The molecule has 5 rings (SSSR count). The fourth-order valence-electron chi connectivity index (χ4n) is 3.71. The fourth-order valence-corrected chi connectivity index (χ4v) is 6.80. The zero-order valence-corrected chi connectivity index (χ0v) is 17.5. The third-order valence-corrected chi connectivity index (χ3v) is 8.06. The summed E-state index contributed by atoms with van der Waals surface area (Å²) >= 11 is 12.2. The topological polar surface area (TPSA) is 59.2 Å². The summed E-state index contributed by atoms with van der Waals surface area (Å²) in [6.07, 6.45) is 0. The molecule has 4 nitrogen and oxygen atoms in total. The second-order valence-electron chi connectivity index (χ2n) is 6.40. The number of aromatic nitrogens is 1. The maximum absolute atomic E-state index is 13.0. The van der Waals surface area contributed by atoms with Gasteiger partial charge in [0.2, 0.25) is 0 Å². The molecule has 1 N–H and O–H groups in total. The Morgan fingerprint density at radius 2 is 1.89 bits per heavy atom. The summed E-state index contributed by atoms with van der Waals surface area (Å²) in [7, 11) is 0. The van der Waals surface area contributed by atoms with Gasteiger partial charge >= 0.3 is 10.8 Å². The van der Waals surface area contributed by atoms with Gasteiger partial charge in [0.15, 0.2) is 0 Å². The zero-order chi connectivity index (χ0) is 18.7. The molecular weight excluding hydrogens is 470 g/mol. The Hall–Kier alpha value is -1.54. The van der Waals surface area contributed by atoms with Crippen LogP contribution in [-0.2, 0) is 4.79 Å². The van der Waals surface area contributed by atoms with Crippen molar-refractivity contribution in [2.24, 2.45) is 5.92 Å². The van der Waals surface area contributed by atoms with Gasteiger partial charge < -0.3 is 9.72 Å². The lowest BCUT2D eigenvalue weighted by Crippen LogP contribution is -2.37. The average molecular weight is 481 g/mol. The normalized spacial score (nSPS) is 23.2. The van der Waals surface area contributed by atoms with Gasteiger partial charge in [-0.1, -0.05) is 62.8 Å². The molecule has 136 valence electrons. The van der Waals surface area contributed by atoms with Crippen molar-refractivity contribution in [3.05, 3.63) is 77.6 Å². The summed E-state index contributed by atoms with van der Waals surface area (Å²) < 4.78 is 6.58. The van der Waals surface area contributed by atoms with Gasteiger partial charge in [0.1, 0.15) is 5.75 Å². The summed E-state index contributed by atoms with van der Waals surface area (Å²) in [5.41, 5.74) is 1.90. The smallest absolute Gasteiger partial charge is 0.316 e. The second-order valence-corrected chi connectivity index (χ2v) is 9.92. The lowest BCUT2D eigenvalue weighted by atomic mass is 9.78. The quantitative estimate of drug-likeness (QED) is 0.376. The number of carbonyl (C=O) groups is 1. The number of aromatic amines is 1. The van der Waals surface area contributed by atoms with Gasteiger partial charge in [-0.05, 0) is 35.9 Å². The summed E-state index contributed by atoms with van der Waals surface area (Å²) in [4.78, 5) is 28.8. The van der Waals surface area contributed by atoms with E-state index in [1.165, 1.54) is 23.1 Å². The Balaban J connectivity index is 1.74. The Morgan fingerprint density at radius 1 is 1.11 bits per heavy atom. The number of hydrogen-bond donors (Lipinski definition) is 1. The Labute approximate surface area is 176 Å². The van der Waals surface area contributed by atoms with E-state index >= 15 is 0 Å². The number of esters is 1. The van der Waals surface area contributed by atoms with E-state index in [9.17, 15) is 9.59 Å². The van der Waals surface area contributed by atoms with Gasteiger partial charge in [0, 0.05) is 25.9 Å². The van der Waals surface area contributed by atoms with Crippen molar-refractivity contribution in [2.75, 3.05) is 0 Å². The molecule has 2 aliphatic rings. The Kier molecular flexibility index (Phi) is 4.23. The Bertz CT molecular complexity index is 1120. The molecule has 0 unspecified atom stereocenters. The van der Waals surface area contributed by atoms with E-state index in [0.717, 1.165) is 25.5 Å². The van der Waals surface area contributed by atoms with E-state index < -0.39 is 5.92 Å². The van der Waals surface area contributed by atoms with Crippen LogP contribution in [0.25, 0.3) is 0 Å². The number of carbonyl (C=O) groups excluding carboxylic acids is 1. The summed E-state index contributed by atoms with van der Waals surface area (Å²) in [5.74, 6) is -0.358. The van der Waals surface area contributed by atoms with Crippen LogP contribution in [0, 0.1) is 5.92 Å². The van der Waals surface area contributed by atoms with Crippen LogP contribution in [0.3, 0.4) is 0 Å². The van der Waals surface area contributed by atoms with Gasteiger partial charge in [0.25, 0.3) is 0 Å². The number of thioether (sulfide) groups is 1. The molecule has 0 aliphatic carbocycles. The van der Waals surface area contributed by atoms with E-state index in [1.807, 2.05) is 36.4 Å². The lowest BCUT2D eigenvalue weighted by Gasteiger charge is -2.39. The van der Waals surface area contributed by atoms with Crippen molar-refractivity contribution in [1.82, 2.24) is 4.98 Å². The molecule has 2 aromatic carbocycles. The third kappa shape index (κ3) is 2.88. The Morgan fingerprint density at radius 3 is 2.67 bits per heavy atom. The van der Waals surface area contributed by atoms with Gasteiger partial charge in [-0.25, -0.2) is 0 Å².